The van der Waals surface area contributed by atoms with E-state index >= 15 is 0 Å². The van der Waals surface area contributed by atoms with Gasteiger partial charge in [-0.3, -0.25) is 10.1 Å². The van der Waals surface area contributed by atoms with Crippen molar-refractivity contribution in [3.63, 3.8) is 0 Å². The van der Waals surface area contributed by atoms with Crippen LogP contribution in [-0.2, 0) is 9.53 Å². The summed E-state index contributed by atoms with van der Waals surface area (Å²) in [5, 5.41) is 12.7. The second-order valence-electron chi connectivity index (χ2n) is 7.90. The van der Waals surface area contributed by atoms with Gasteiger partial charge < -0.3 is 9.84 Å². The van der Waals surface area contributed by atoms with Crippen LogP contribution in [0.5, 0.6) is 0 Å². The van der Waals surface area contributed by atoms with E-state index in [1.165, 1.54) is 6.42 Å². The molecule has 0 saturated heterocycles. The van der Waals surface area contributed by atoms with E-state index in [0.717, 1.165) is 25.7 Å². The molecule has 3 atom stereocenters. The molecule has 4 nitrogen and oxygen atoms in total. The molecule has 0 heterocycles. The first kappa shape index (κ1) is 15.8. The number of rotatable bonds is 6. The molecule has 2 fully saturated rings. The van der Waals surface area contributed by atoms with Gasteiger partial charge in [-0.25, -0.2) is 0 Å². The number of nitrogens with one attached hydrogen (secondary N) is 1. The highest BCUT2D eigenvalue weighted by Gasteiger charge is 2.40. The van der Waals surface area contributed by atoms with Crippen LogP contribution in [0.4, 0.5) is 0 Å². The fourth-order valence-corrected chi connectivity index (χ4v) is 3.51. The maximum absolute atomic E-state index is 11.5. The molecular weight excluding hydrogens is 254 g/mol. The van der Waals surface area contributed by atoms with Gasteiger partial charge in [0.2, 0.25) is 0 Å². The van der Waals surface area contributed by atoms with Gasteiger partial charge in [-0.1, -0.05) is 20.8 Å². The molecule has 20 heavy (non-hydrogen) atoms. The van der Waals surface area contributed by atoms with E-state index in [1.54, 1.807) is 6.92 Å². The average molecular weight is 283 g/mol. The predicted octanol–water partition coefficient (Wildman–Crippen LogP) is 2.81. The lowest BCUT2D eigenvalue weighted by atomic mass is 9.71. The standard InChI is InChI=1S/C16H29NO3/c1-11-7-13(9-15(2,3)8-11)20-10-16(4,14(18)19)17-12-5-6-12/h11-13,17H,5-10H2,1-4H3,(H,18,19). The van der Waals surface area contributed by atoms with Gasteiger partial charge >= 0.3 is 5.97 Å². The minimum Gasteiger partial charge on any atom is -0.480 e. The first-order chi connectivity index (χ1) is 9.20. The lowest BCUT2D eigenvalue weighted by molar-refractivity contribution is -0.149. The van der Waals surface area contributed by atoms with Crippen molar-refractivity contribution in [3.05, 3.63) is 0 Å². The summed E-state index contributed by atoms with van der Waals surface area (Å²) in [6, 6.07) is 0.362. The lowest BCUT2D eigenvalue weighted by Crippen LogP contribution is -2.55. The summed E-state index contributed by atoms with van der Waals surface area (Å²) < 4.78 is 6.00. The molecule has 3 unspecified atom stereocenters. The van der Waals surface area contributed by atoms with Crippen LogP contribution in [0, 0.1) is 11.3 Å². The van der Waals surface area contributed by atoms with Crippen molar-refractivity contribution in [2.75, 3.05) is 6.61 Å². The first-order valence-electron chi connectivity index (χ1n) is 7.83. The average Bonchev–Trinajstić information content (AvgIpc) is 3.07. The van der Waals surface area contributed by atoms with Crippen LogP contribution in [0.25, 0.3) is 0 Å². The van der Waals surface area contributed by atoms with Gasteiger partial charge in [0, 0.05) is 6.04 Å². The van der Waals surface area contributed by atoms with Gasteiger partial charge in [-0.05, 0) is 50.4 Å². The maximum Gasteiger partial charge on any atom is 0.326 e. The second kappa shape index (κ2) is 5.64. The zero-order valence-electron chi connectivity index (χ0n) is 13.2. The van der Waals surface area contributed by atoms with Crippen molar-refractivity contribution < 1.29 is 14.6 Å². The Kier molecular flexibility index (Phi) is 4.45. The number of ether oxygens (including phenoxy) is 1. The lowest BCUT2D eigenvalue weighted by Gasteiger charge is -2.40. The third-order valence-electron chi connectivity index (χ3n) is 4.53. The van der Waals surface area contributed by atoms with Crippen LogP contribution >= 0.6 is 0 Å². The van der Waals surface area contributed by atoms with Crippen molar-refractivity contribution in [1.29, 1.82) is 0 Å². The molecule has 2 rings (SSSR count). The molecule has 2 N–H and O–H groups in total. The number of carboxylic acids is 1. The number of carbonyl (C=O) groups is 1. The van der Waals surface area contributed by atoms with Gasteiger partial charge in [-0.2, -0.15) is 0 Å². The Labute approximate surface area is 122 Å². The van der Waals surface area contributed by atoms with Crippen molar-refractivity contribution in [2.24, 2.45) is 11.3 Å². The van der Waals surface area contributed by atoms with Crippen LogP contribution in [0.1, 0.15) is 59.8 Å². The summed E-state index contributed by atoms with van der Waals surface area (Å²) in [4.78, 5) is 11.5. The number of hydrogen-bond donors (Lipinski definition) is 2. The second-order valence-corrected chi connectivity index (χ2v) is 7.90. The molecule has 0 spiro atoms. The van der Waals surface area contributed by atoms with E-state index in [4.69, 9.17) is 4.74 Å². The van der Waals surface area contributed by atoms with Crippen LogP contribution in [0.15, 0.2) is 0 Å². The molecule has 0 aromatic rings. The highest BCUT2D eigenvalue weighted by atomic mass is 16.5. The monoisotopic (exact) mass is 283 g/mol. The van der Waals surface area contributed by atoms with E-state index < -0.39 is 11.5 Å². The highest BCUT2D eigenvalue weighted by molar-refractivity contribution is 5.78. The van der Waals surface area contributed by atoms with Crippen LogP contribution in [-0.4, -0.2) is 35.4 Å². The molecule has 2 aliphatic carbocycles. The number of aliphatic carboxylic acids is 1. The van der Waals surface area contributed by atoms with Gasteiger partial charge in [0.05, 0.1) is 12.7 Å². The Bertz CT molecular complexity index is 365. The summed E-state index contributed by atoms with van der Waals surface area (Å²) in [5.74, 6) is -0.163. The fraction of sp³-hybridized carbons (Fsp3) is 0.938. The highest BCUT2D eigenvalue weighted by Crippen LogP contribution is 2.39. The Balaban J connectivity index is 1.90. The third-order valence-corrected chi connectivity index (χ3v) is 4.53. The van der Waals surface area contributed by atoms with E-state index in [2.05, 4.69) is 26.1 Å². The summed E-state index contributed by atoms with van der Waals surface area (Å²) in [6.07, 6.45) is 5.64. The summed E-state index contributed by atoms with van der Waals surface area (Å²) in [5.41, 5.74) is -0.655. The minimum atomic E-state index is -0.952. The van der Waals surface area contributed by atoms with Gasteiger partial charge in [0.25, 0.3) is 0 Å². The smallest absolute Gasteiger partial charge is 0.326 e. The normalized spacial score (nSPS) is 32.6. The van der Waals surface area contributed by atoms with Crippen molar-refractivity contribution in [1.82, 2.24) is 5.32 Å². The molecule has 116 valence electrons. The van der Waals surface area contributed by atoms with Gasteiger partial charge in [-0.15, -0.1) is 0 Å². The molecular formula is C16H29NO3. The Morgan fingerprint density at radius 3 is 2.55 bits per heavy atom. The predicted molar refractivity (Wildman–Crippen MR) is 78.7 cm³/mol. The van der Waals surface area contributed by atoms with E-state index in [1.807, 2.05) is 0 Å². The topological polar surface area (TPSA) is 58.6 Å². The van der Waals surface area contributed by atoms with Crippen molar-refractivity contribution in [2.45, 2.75) is 77.5 Å². The molecule has 2 saturated carbocycles. The maximum atomic E-state index is 11.5. The number of carboxylic acid groups (broad SMARTS) is 1. The SMILES string of the molecule is CC1CC(OCC(C)(NC2CC2)C(=O)O)CC(C)(C)C1. The first-order valence-corrected chi connectivity index (χ1v) is 7.83. The summed E-state index contributed by atoms with van der Waals surface area (Å²) in [7, 11) is 0. The molecule has 0 aromatic carbocycles. The molecule has 4 heteroatoms. The van der Waals surface area contributed by atoms with Crippen molar-refractivity contribution in [3.8, 4) is 0 Å². The van der Waals surface area contributed by atoms with Gasteiger partial charge in [0.1, 0.15) is 5.54 Å². The van der Waals surface area contributed by atoms with Crippen LogP contribution < -0.4 is 5.32 Å². The van der Waals surface area contributed by atoms with E-state index in [9.17, 15) is 9.90 Å². The van der Waals surface area contributed by atoms with Crippen molar-refractivity contribution >= 4 is 5.97 Å². The Hall–Kier alpha value is -0.610. The molecule has 2 aliphatic rings. The largest absolute Gasteiger partial charge is 0.480 e. The Morgan fingerprint density at radius 1 is 1.40 bits per heavy atom. The Morgan fingerprint density at radius 2 is 2.05 bits per heavy atom. The van der Waals surface area contributed by atoms with Gasteiger partial charge in [0.15, 0.2) is 0 Å². The quantitative estimate of drug-likeness (QED) is 0.787. The van der Waals surface area contributed by atoms with Crippen LogP contribution in [0.3, 0.4) is 0 Å². The van der Waals surface area contributed by atoms with E-state index in [-0.39, 0.29) is 12.7 Å². The zero-order chi connectivity index (χ0) is 15.0. The summed E-state index contributed by atoms with van der Waals surface area (Å²) in [6.45, 7) is 8.81. The molecule has 0 aliphatic heterocycles. The van der Waals surface area contributed by atoms with E-state index in [0.29, 0.717) is 17.4 Å². The molecule has 0 radical (unpaired) electrons. The number of hydrogen-bond acceptors (Lipinski definition) is 3. The molecule has 0 bridgehead atoms. The molecule has 0 amide bonds. The molecule has 0 aromatic heterocycles. The summed E-state index contributed by atoms with van der Waals surface area (Å²) >= 11 is 0. The third kappa shape index (κ3) is 4.19. The minimum absolute atomic E-state index is 0.188. The zero-order valence-corrected chi connectivity index (χ0v) is 13.2. The fourth-order valence-electron chi connectivity index (χ4n) is 3.51. The van der Waals surface area contributed by atoms with Crippen LogP contribution in [0.2, 0.25) is 0 Å².